The number of alkyl halides is 3. The molecule has 1 aromatic carbocycles. The molecule has 0 saturated carbocycles. The predicted octanol–water partition coefficient (Wildman–Crippen LogP) is 4.24. The summed E-state index contributed by atoms with van der Waals surface area (Å²) in [6, 6.07) is 3.22. The smallest absolute Gasteiger partial charge is 0.377 e. The van der Waals surface area contributed by atoms with E-state index in [1.165, 1.54) is 6.07 Å². The van der Waals surface area contributed by atoms with E-state index >= 15 is 0 Å². The zero-order valence-corrected chi connectivity index (χ0v) is 12.6. The van der Waals surface area contributed by atoms with Crippen molar-refractivity contribution in [1.82, 2.24) is 4.90 Å². The van der Waals surface area contributed by atoms with Crippen molar-refractivity contribution in [3.05, 3.63) is 35.1 Å². The van der Waals surface area contributed by atoms with E-state index in [1.807, 2.05) is 6.92 Å². The average Bonchev–Trinajstić information content (AvgIpc) is 2.46. The van der Waals surface area contributed by atoms with Crippen molar-refractivity contribution in [2.75, 3.05) is 19.7 Å². The molecule has 0 bridgehead atoms. The maximum atomic E-state index is 13.3. The molecular weight excluding hydrogens is 298 g/mol. The number of hydrogen-bond donors (Lipinski definition) is 0. The SMILES string of the molecule is CCCOC1CCCN(Cc2ccc(F)c(C(F)(F)F)c2)C1. The highest BCUT2D eigenvalue weighted by atomic mass is 19.4. The molecule has 0 aromatic heterocycles. The summed E-state index contributed by atoms with van der Waals surface area (Å²) in [5, 5.41) is 0. The largest absolute Gasteiger partial charge is 0.419 e. The second-order valence-corrected chi connectivity index (χ2v) is 5.68. The van der Waals surface area contributed by atoms with Crippen LogP contribution in [0, 0.1) is 5.82 Å². The molecule has 1 aliphatic heterocycles. The fraction of sp³-hybridized carbons (Fsp3) is 0.625. The van der Waals surface area contributed by atoms with Gasteiger partial charge in [0.2, 0.25) is 0 Å². The number of halogens is 4. The third-order valence-electron chi connectivity index (χ3n) is 3.76. The average molecular weight is 319 g/mol. The van der Waals surface area contributed by atoms with E-state index in [0.29, 0.717) is 25.3 Å². The fourth-order valence-corrected chi connectivity index (χ4v) is 2.72. The summed E-state index contributed by atoms with van der Waals surface area (Å²) in [6.45, 7) is 4.66. The standard InChI is InChI=1S/C16H21F4NO/c1-2-8-22-13-4-3-7-21(11-13)10-12-5-6-15(17)14(9-12)16(18,19)20/h5-6,9,13H,2-4,7-8,10-11H2,1H3. The quantitative estimate of drug-likeness (QED) is 0.753. The van der Waals surface area contributed by atoms with Crippen molar-refractivity contribution in [2.45, 2.75) is 45.0 Å². The highest BCUT2D eigenvalue weighted by molar-refractivity contribution is 5.27. The minimum atomic E-state index is -4.66. The van der Waals surface area contributed by atoms with Gasteiger partial charge in [0.1, 0.15) is 5.82 Å². The molecule has 1 aromatic rings. The number of likely N-dealkylation sites (tertiary alicyclic amines) is 1. The molecule has 1 unspecified atom stereocenters. The summed E-state index contributed by atoms with van der Waals surface area (Å²) < 4.78 is 57.2. The molecule has 0 aliphatic carbocycles. The Morgan fingerprint density at radius 3 is 2.77 bits per heavy atom. The molecule has 1 fully saturated rings. The van der Waals surface area contributed by atoms with Crippen LogP contribution in [-0.4, -0.2) is 30.7 Å². The van der Waals surface area contributed by atoms with Crippen LogP contribution in [0.2, 0.25) is 0 Å². The van der Waals surface area contributed by atoms with Crippen LogP contribution in [0.5, 0.6) is 0 Å². The third kappa shape index (κ3) is 4.68. The third-order valence-corrected chi connectivity index (χ3v) is 3.76. The molecule has 1 atom stereocenters. The van der Waals surface area contributed by atoms with Crippen molar-refractivity contribution in [3.8, 4) is 0 Å². The van der Waals surface area contributed by atoms with Crippen LogP contribution in [0.3, 0.4) is 0 Å². The van der Waals surface area contributed by atoms with Gasteiger partial charge in [-0.15, -0.1) is 0 Å². The molecule has 124 valence electrons. The summed E-state index contributed by atoms with van der Waals surface area (Å²) >= 11 is 0. The summed E-state index contributed by atoms with van der Waals surface area (Å²) in [7, 11) is 0. The summed E-state index contributed by atoms with van der Waals surface area (Å²) in [5.41, 5.74) is -0.717. The summed E-state index contributed by atoms with van der Waals surface area (Å²) in [5.74, 6) is -1.22. The highest BCUT2D eigenvalue weighted by Gasteiger charge is 2.34. The lowest BCUT2D eigenvalue weighted by atomic mass is 10.1. The lowest BCUT2D eigenvalue weighted by Crippen LogP contribution is -2.39. The predicted molar refractivity (Wildman–Crippen MR) is 75.9 cm³/mol. The van der Waals surface area contributed by atoms with Crippen molar-refractivity contribution < 1.29 is 22.3 Å². The Hall–Kier alpha value is -1.14. The van der Waals surface area contributed by atoms with Crippen LogP contribution in [-0.2, 0) is 17.5 Å². The second kappa shape index (κ2) is 7.42. The van der Waals surface area contributed by atoms with Gasteiger partial charge in [-0.1, -0.05) is 13.0 Å². The number of piperidine rings is 1. The summed E-state index contributed by atoms with van der Waals surface area (Å²) in [6.07, 6.45) is -1.63. The molecule has 6 heteroatoms. The van der Waals surface area contributed by atoms with Gasteiger partial charge in [-0.3, -0.25) is 4.90 Å². The zero-order valence-electron chi connectivity index (χ0n) is 12.6. The van der Waals surface area contributed by atoms with Gasteiger partial charge in [0.05, 0.1) is 11.7 Å². The molecule has 2 rings (SSSR count). The van der Waals surface area contributed by atoms with Crippen LogP contribution < -0.4 is 0 Å². The van der Waals surface area contributed by atoms with E-state index in [4.69, 9.17) is 4.74 Å². The Balaban J connectivity index is 2.01. The van der Waals surface area contributed by atoms with Gasteiger partial charge < -0.3 is 4.74 Å². The first kappa shape index (κ1) is 17.2. The molecule has 0 radical (unpaired) electrons. The first-order valence-corrected chi connectivity index (χ1v) is 7.59. The highest BCUT2D eigenvalue weighted by Crippen LogP contribution is 2.32. The monoisotopic (exact) mass is 319 g/mol. The number of ether oxygens (including phenoxy) is 1. The molecule has 1 saturated heterocycles. The number of benzene rings is 1. The zero-order chi connectivity index (χ0) is 16.2. The van der Waals surface area contributed by atoms with Crippen LogP contribution in [0.1, 0.15) is 37.3 Å². The van der Waals surface area contributed by atoms with E-state index in [0.717, 1.165) is 37.9 Å². The molecule has 1 heterocycles. The van der Waals surface area contributed by atoms with E-state index in [2.05, 4.69) is 4.90 Å². The van der Waals surface area contributed by atoms with Crippen molar-refractivity contribution >= 4 is 0 Å². The van der Waals surface area contributed by atoms with Gasteiger partial charge in [-0.2, -0.15) is 13.2 Å². The topological polar surface area (TPSA) is 12.5 Å². The Kier molecular flexibility index (Phi) is 5.81. The van der Waals surface area contributed by atoms with Crippen LogP contribution in [0.25, 0.3) is 0 Å². The fourth-order valence-electron chi connectivity index (χ4n) is 2.72. The lowest BCUT2D eigenvalue weighted by molar-refractivity contribution is -0.140. The van der Waals surface area contributed by atoms with Crippen LogP contribution in [0.15, 0.2) is 18.2 Å². The van der Waals surface area contributed by atoms with Crippen molar-refractivity contribution in [1.29, 1.82) is 0 Å². The second-order valence-electron chi connectivity index (χ2n) is 5.68. The lowest BCUT2D eigenvalue weighted by Gasteiger charge is -2.32. The number of nitrogens with zero attached hydrogens (tertiary/aromatic N) is 1. The van der Waals surface area contributed by atoms with E-state index in [-0.39, 0.29) is 6.10 Å². The normalized spacial score (nSPS) is 20.3. The minimum absolute atomic E-state index is 0.135. The van der Waals surface area contributed by atoms with Crippen molar-refractivity contribution in [2.24, 2.45) is 0 Å². The van der Waals surface area contributed by atoms with Gasteiger partial charge in [0.15, 0.2) is 0 Å². The first-order valence-electron chi connectivity index (χ1n) is 7.59. The molecule has 0 N–H and O–H groups in total. The van der Waals surface area contributed by atoms with Gasteiger partial charge in [-0.25, -0.2) is 4.39 Å². The van der Waals surface area contributed by atoms with E-state index < -0.39 is 17.6 Å². The Labute approximate surface area is 128 Å². The van der Waals surface area contributed by atoms with E-state index in [9.17, 15) is 17.6 Å². The van der Waals surface area contributed by atoms with Gasteiger partial charge >= 0.3 is 6.18 Å². The molecular formula is C16H21F4NO. The first-order chi connectivity index (χ1) is 10.4. The van der Waals surface area contributed by atoms with Crippen LogP contribution in [0.4, 0.5) is 17.6 Å². The summed E-state index contributed by atoms with van der Waals surface area (Å²) in [4.78, 5) is 2.07. The number of rotatable bonds is 5. The van der Waals surface area contributed by atoms with Crippen LogP contribution >= 0.6 is 0 Å². The molecule has 1 aliphatic rings. The molecule has 0 spiro atoms. The minimum Gasteiger partial charge on any atom is -0.377 e. The molecule has 2 nitrogen and oxygen atoms in total. The van der Waals surface area contributed by atoms with Gasteiger partial charge in [0.25, 0.3) is 0 Å². The molecule has 22 heavy (non-hydrogen) atoms. The van der Waals surface area contributed by atoms with E-state index in [1.54, 1.807) is 0 Å². The molecule has 0 amide bonds. The van der Waals surface area contributed by atoms with Crippen molar-refractivity contribution in [3.63, 3.8) is 0 Å². The Morgan fingerprint density at radius 2 is 2.09 bits per heavy atom. The number of hydrogen-bond acceptors (Lipinski definition) is 2. The Morgan fingerprint density at radius 1 is 1.32 bits per heavy atom. The van der Waals surface area contributed by atoms with Gasteiger partial charge in [0, 0.05) is 19.7 Å². The Bertz CT molecular complexity index is 490. The maximum absolute atomic E-state index is 13.3. The maximum Gasteiger partial charge on any atom is 0.419 e. The van der Waals surface area contributed by atoms with Gasteiger partial charge in [-0.05, 0) is 43.5 Å².